The SMILES string of the molecule is CC(C)S(=O)(=O)c1ccc(NC(=O)C(C)(C)C)cc1. The van der Waals surface area contributed by atoms with Crippen LogP contribution in [0.15, 0.2) is 29.2 Å². The fourth-order valence-electron chi connectivity index (χ4n) is 1.32. The van der Waals surface area contributed by atoms with Gasteiger partial charge in [0.15, 0.2) is 9.84 Å². The maximum atomic E-state index is 11.9. The van der Waals surface area contributed by atoms with Gasteiger partial charge in [0, 0.05) is 11.1 Å². The quantitative estimate of drug-likeness (QED) is 0.927. The topological polar surface area (TPSA) is 63.2 Å². The van der Waals surface area contributed by atoms with Gasteiger partial charge in [-0.05, 0) is 38.1 Å². The highest BCUT2D eigenvalue weighted by atomic mass is 32.2. The molecule has 0 aliphatic heterocycles. The van der Waals surface area contributed by atoms with Crippen molar-refractivity contribution < 1.29 is 13.2 Å². The number of hydrogen-bond acceptors (Lipinski definition) is 3. The Bertz CT molecular complexity index is 551. The molecular formula is C14H21NO3S. The smallest absolute Gasteiger partial charge is 0.229 e. The van der Waals surface area contributed by atoms with E-state index in [2.05, 4.69) is 5.32 Å². The number of benzene rings is 1. The van der Waals surface area contributed by atoms with Gasteiger partial charge < -0.3 is 5.32 Å². The molecule has 0 aliphatic rings. The summed E-state index contributed by atoms with van der Waals surface area (Å²) in [7, 11) is -3.26. The van der Waals surface area contributed by atoms with Crippen molar-refractivity contribution in [3.63, 3.8) is 0 Å². The Kier molecular flexibility index (Phi) is 4.40. The molecule has 0 spiro atoms. The highest BCUT2D eigenvalue weighted by Gasteiger charge is 2.22. The van der Waals surface area contributed by atoms with Gasteiger partial charge in [-0.15, -0.1) is 0 Å². The Labute approximate surface area is 115 Å². The first-order valence-electron chi connectivity index (χ1n) is 6.20. The lowest BCUT2D eigenvalue weighted by Gasteiger charge is -2.17. The minimum absolute atomic E-state index is 0.105. The Hall–Kier alpha value is -1.36. The zero-order chi connectivity index (χ0) is 14.8. The fraction of sp³-hybridized carbons (Fsp3) is 0.500. The van der Waals surface area contributed by atoms with E-state index in [0.29, 0.717) is 5.69 Å². The molecule has 1 rings (SSSR count). The molecule has 1 aromatic carbocycles. The molecule has 0 atom stereocenters. The number of sulfone groups is 1. The summed E-state index contributed by atoms with van der Waals surface area (Å²) in [6.45, 7) is 8.75. The molecule has 5 heteroatoms. The van der Waals surface area contributed by atoms with E-state index in [-0.39, 0.29) is 10.8 Å². The van der Waals surface area contributed by atoms with Gasteiger partial charge in [-0.25, -0.2) is 8.42 Å². The molecule has 0 heterocycles. The van der Waals surface area contributed by atoms with Crippen LogP contribution in [0.5, 0.6) is 0 Å². The van der Waals surface area contributed by atoms with Crippen molar-refractivity contribution in [2.45, 2.75) is 44.8 Å². The number of rotatable bonds is 3. The summed E-state index contributed by atoms with van der Waals surface area (Å²) in [6, 6.07) is 6.26. The summed E-state index contributed by atoms with van der Waals surface area (Å²) < 4.78 is 23.9. The lowest BCUT2D eigenvalue weighted by molar-refractivity contribution is -0.123. The summed E-state index contributed by atoms with van der Waals surface area (Å²) in [5, 5.41) is 2.30. The molecule has 0 fully saturated rings. The molecule has 0 radical (unpaired) electrons. The van der Waals surface area contributed by atoms with Crippen molar-refractivity contribution in [1.82, 2.24) is 0 Å². The van der Waals surface area contributed by atoms with Crippen LogP contribution in [0.1, 0.15) is 34.6 Å². The lowest BCUT2D eigenvalue weighted by Crippen LogP contribution is -2.27. The van der Waals surface area contributed by atoms with Gasteiger partial charge in [-0.2, -0.15) is 0 Å². The van der Waals surface area contributed by atoms with Gasteiger partial charge in [-0.1, -0.05) is 20.8 Å². The number of nitrogens with one attached hydrogen (secondary N) is 1. The second-order valence-electron chi connectivity index (χ2n) is 5.82. The van der Waals surface area contributed by atoms with E-state index in [1.807, 2.05) is 20.8 Å². The molecule has 19 heavy (non-hydrogen) atoms. The van der Waals surface area contributed by atoms with Crippen LogP contribution in [0.2, 0.25) is 0 Å². The third kappa shape index (κ3) is 3.80. The summed E-state index contributed by atoms with van der Waals surface area (Å²) >= 11 is 0. The highest BCUT2D eigenvalue weighted by molar-refractivity contribution is 7.92. The van der Waals surface area contributed by atoms with Crippen molar-refractivity contribution >= 4 is 21.4 Å². The molecule has 0 saturated heterocycles. The Balaban J connectivity index is 2.93. The minimum atomic E-state index is -3.26. The average molecular weight is 283 g/mol. The standard InChI is InChI=1S/C14H21NO3S/c1-10(2)19(17,18)12-8-6-11(7-9-12)15-13(16)14(3,4)5/h6-10H,1-5H3,(H,15,16). The van der Waals surface area contributed by atoms with E-state index >= 15 is 0 Å². The van der Waals surface area contributed by atoms with Gasteiger partial charge in [0.05, 0.1) is 10.1 Å². The normalized spacial score (nSPS) is 12.5. The summed E-state index contributed by atoms with van der Waals surface area (Å²) in [6.07, 6.45) is 0. The van der Waals surface area contributed by atoms with Gasteiger partial charge in [-0.3, -0.25) is 4.79 Å². The van der Waals surface area contributed by atoms with Crippen LogP contribution in [-0.2, 0) is 14.6 Å². The van der Waals surface area contributed by atoms with E-state index in [9.17, 15) is 13.2 Å². The van der Waals surface area contributed by atoms with E-state index in [4.69, 9.17) is 0 Å². The molecule has 0 bridgehead atoms. The van der Waals surface area contributed by atoms with Gasteiger partial charge in [0.1, 0.15) is 0 Å². The second kappa shape index (κ2) is 5.33. The second-order valence-corrected chi connectivity index (χ2v) is 8.33. The summed E-state index contributed by atoms with van der Waals surface area (Å²) in [4.78, 5) is 12.1. The average Bonchev–Trinajstić information content (AvgIpc) is 2.28. The minimum Gasteiger partial charge on any atom is -0.326 e. The Morgan fingerprint density at radius 2 is 1.58 bits per heavy atom. The van der Waals surface area contributed by atoms with E-state index < -0.39 is 20.5 Å². The first kappa shape index (κ1) is 15.7. The van der Waals surface area contributed by atoms with E-state index in [1.54, 1.807) is 26.0 Å². The predicted molar refractivity (Wildman–Crippen MR) is 76.8 cm³/mol. The maximum absolute atomic E-state index is 11.9. The van der Waals surface area contributed by atoms with Crippen LogP contribution in [0.25, 0.3) is 0 Å². The first-order valence-corrected chi connectivity index (χ1v) is 7.75. The molecule has 0 aliphatic carbocycles. The van der Waals surface area contributed by atoms with Crippen molar-refractivity contribution in [3.8, 4) is 0 Å². The Morgan fingerprint density at radius 3 is 1.95 bits per heavy atom. The zero-order valence-electron chi connectivity index (χ0n) is 12.0. The number of carbonyl (C=O) groups excluding carboxylic acids is 1. The number of hydrogen-bond donors (Lipinski definition) is 1. The molecule has 0 aromatic heterocycles. The molecule has 106 valence electrons. The molecule has 0 saturated carbocycles. The van der Waals surface area contributed by atoms with Crippen molar-refractivity contribution in [2.24, 2.45) is 5.41 Å². The van der Waals surface area contributed by atoms with Crippen LogP contribution < -0.4 is 5.32 Å². The molecule has 1 aromatic rings. The molecule has 1 N–H and O–H groups in total. The predicted octanol–water partition coefficient (Wildman–Crippen LogP) is 2.85. The third-order valence-electron chi connectivity index (χ3n) is 2.74. The lowest BCUT2D eigenvalue weighted by atomic mass is 9.95. The monoisotopic (exact) mass is 283 g/mol. The summed E-state index contributed by atoms with van der Waals surface area (Å²) in [5.41, 5.74) is 0.116. The fourth-order valence-corrected chi connectivity index (χ4v) is 2.38. The number of amides is 1. The first-order chi connectivity index (χ1) is 8.55. The Morgan fingerprint density at radius 1 is 1.11 bits per heavy atom. The van der Waals surface area contributed by atoms with Crippen LogP contribution in [0.4, 0.5) is 5.69 Å². The van der Waals surface area contributed by atoms with Gasteiger partial charge >= 0.3 is 0 Å². The zero-order valence-corrected chi connectivity index (χ0v) is 12.8. The van der Waals surface area contributed by atoms with E-state index in [1.165, 1.54) is 12.1 Å². The van der Waals surface area contributed by atoms with Gasteiger partial charge in [0.25, 0.3) is 0 Å². The van der Waals surface area contributed by atoms with Crippen molar-refractivity contribution in [3.05, 3.63) is 24.3 Å². The van der Waals surface area contributed by atoms with Crippen LogP contribution >= 0.6 is 0 Å². The van der Waals surface area contributed by atoms with Crippen LogP contribution in [0.3, 0.4) is 0 Å². The summed E-state index contributed by atoms with van der Waals surface area (Å²) in [5.74, 6) is -0.105. The maximum Gasteiger partial charge on any atom is 0.229 e. The number of anilines is 1. The van der Waals surface area contributed by atoms with E-state index in [0.717, 1.165) is 0 Å². The largest absolute Gasteiger partial charge is 0.326 e. The van der Waals surface area contributed by atoms with Gasteiger partial charge in [0.2, 0.25) is 5.91 Å². The molecule has 1 amide bonds. The molecular weight excluding hydrogens is 262 g/mol. The van der Waals surface area contributed by atoms with Crippen LogP contribution in [-0.4, -0.2) is 19.6 Å². The highest BCUT2D eigenvalue weighted by Crippen LogP contribution is 2.21. The van der Waals surface area contributed by atoms with Crippen LogP contribution in [0, 0.1) is 5.41 Å². The third-order valence-corrected chi connectivity index (χ3v) is 4.91. The molecule has 0 unspecified atom stereocenters. The van der Waals surface area contributed by atoms with Crippen molar-refractivity contribution in [1.29, 1.82) is 0 Å². The van der Waals surface area contributed by atoms with Crippen molar-refractivity contribution in [2.75, 3.05) is 5.32 Å². The molecule has 4 nitrogen and oxygen atoms in total. The number of carbonyl (C=O) groups is 1.